The molecule has 2 amide bonds. The van der Waals surface area contributed by atoms with E-state index in [0.717, 1.165) is 33.4 Å². The molecule has 6 aromatic carbocycles. The Balaban J connectivity index is 0.977. The number of esters is 2. The molecule has 7 aromatic rings. The maximum absolute atomic E-state index is 15.0. The summed E-state index contributed by atoms with van der Waals surface area (Å²) in [5.74, 6) is -1.71. The number of β-lactam (4-membered cyclic amide) rings is 1. The zero-order chi connectivity index (χ0) is 51.8. The number of rotatable bonds is 19. The number of nitrogens with one attached hydrogen (secondary N) is 2. The van der Waals surface area contributed by atoms with Crippen molar-refractivity contribution in [2.75, 3.05) is 24.1 Å². The van der Waals surface area contributed by atoms with E-state index >= 15 is 0 Å². The number of methoxy groups -OCH3 is 1. The molecule has 2 N–H and O–H groups in total. The first-order valence-electron chi connectivity index (χ1n) is 24.5. The average molecular weight is 1060 g/mol. The van der Waals surface area contributed by atoms with Crippen molar-refractivity contribution in [3.63, 3.8) is 0 Å². The van der Waals surface area contributed by atoms with Gasteiger partial charge in [0.2, 0.25) is 5.60 Å². The molecule has 0 spiro atoms. The Morgan fingerprint density at radius 2 is 1.33 bits per heavy atom. The van der Waals surface area contributed by atoms with Crippen LogP contribution in [0, 0.1) is 0 Å². The highest BCUT2D eigenvalue weighted by Crippen LogP contribution is 2.43. The first-order valence-corrected chi connectivity index (χ1v) is 27.0. The first-order chi connectivity index (χ1) is 36.7. The summed E-state index contributed by atoms with van der Waals surface area (Å²) in [6.07, 6.45) is 1.09. The number of anilines is 1. The quantitative estimate of drug-likeness (QED) is 0.0198. The van der Waals surface area contributed by atoms with Crippen molar-refractivity contribution < 1.29 is 38.2 Å². The average Bonchev–Trinajstić information content (AvgIpc) is 4.16. The van der Waals surface area contributed by atoms with Crippen LogP contribution in [0.15, 0.2) is 198 Å². The molecule has 1 saturated heterocycles. The van der Waals surface area contributed by atoms with Crippen LogP contribution in [-0.2, 0) is 45.6 Å². The second kappa shape index (κ2) is 22.8. The molecule has 2 aliphatic heterocycles. The summed E-state index contributed by atoms with van der Waals surface area (Å²) in [6, 6.07) is 55.0. The van der Waals surface area contributed by atoms with Gasteiger partial charge in [-0.05, 0) is 63.9 Å². The highest BCUT2D eigenvalue weighted by Gasteiger charge is 2.55. The van der Waals surface area contributed by atoms with Crippen molar-refractivity contribution in [1.82, 2.24) is 15.2 Å². The number of thiazole rings is 1. The summed E-state index contributed by atoms with van der Waals surface area (Å²) in [6.45, 7) is -0.0520. The second-order valence-corrected chi connectivity index (χ2v) is 20.5. The zero-order valence-electron chi connectivity index (χ0n) is 40.8. The predicted molar refractivity (Wildman–Crippen MR) is 290 cm³/mol. The van der Waals surface area contributed by atoms with Crippen LogP contribution in [0.1, 0.15) is 70.9 Å². The van der Waals surface area contributed by atoms with Gasteiger partial charge in [-0.25, -0.2) is 14.6 Å². The van der Waals surface area contributed by atoms with Crippen LogP contribution in [0.3, 0.4) is 0 Å². The van der Waals surface area contributed by atoms with Crippen molar-refractivity contribution in [3.05, 3.63) is 232 Å². The first kappa shape index (κ1) is 50.8. The number of amides is 2. The van der Waals surface area contributed by atoms with Gasteiger partial charge in [0.05, 0.1) is 7.11 Å². The molecule has 380 valence electrons. The Morgan fingerprint density at radius 1 is 0.787 bits per heavy atom. The highest BCUT2D eigenvalue weighted by molar-refractivity contribution is 8.00. The molecule has 0 radical (unpaired) electrons. The molecule has 75 heavy (non-hydrogen) atoms. The minimum atomic E-state index is -1.56. The van der Waals surface area contributed by atoms with E-state index in [1.165, 1.54) is 28.0 Å². The number of hydrogen-bond acceptors (Lipinski definition) is 13. The maximum Gasteiger partial charge on any atom is 0.355 e. The molecule has 2 atom stereocenters. The SMILES string of the molecule is COc1ccc(COC(=O)C2=C(CCl)CS[C@@H]3C(NC(=O)/C(=N\OC4(C(=O)OC(c5ccccc5)c5ccccc5)CCCC4)c4csc(NC(c5ccccc5)(c5ccccc5)c5ccccc5)n4)C(=O)N23)cc1. The van der Waals surface area contributed by atoms with E-state index in [2.05, 4.69) is 52.2 Å². The Morgan fingerprint density at radius 3 is 1.87 bits per heavy atom. The van der Waals surface area contributed by atoms with E-state index in [4.69, 9.17) is 35.6 Å². The van der Waals surface area contributed by atoms with Gasteiger partial charge in [0.15, 0.2) is 16.9 Å². The van der Waals surface area contributed by atoms with Crippen molar-refractivity contribution in [3.8, 4) is 5.75 Å². The molecule has 3 aliphatic rings. The molecule has 13 nitrogen and oxygen atoms in total. The molecule has 1 aliphatic carbocycles. The van der Waals surface area contributed by atoms with Crippen LogP contribution in [0.25, 0.3) is 0 Å². The van der Waals surface area contributed by atoms with Crippen molar-refractivity contribution in [2.24, 2.45) is 5.16 Å². The third-order valence-corrected chi connectivity index (χ3v) is 16.0. The lowest BCUT2D eigenvalue weighted by Gasteiger charge is -2.49. The second-order valence-electron chi connectivity index (χ2n) is 18.2. The summed E-state index contributed by atoms with van der Waals surface area (Å²) in [7, 11) is 1.57. The molecule has 0 bridgehead atoms. The Labute approximate surface area is 447 Å². The number of nitrogens with zero attached hydrogens (tertiary/aromatic N) is 3. The smallest absolute Gasteiger partial charge is 0.355 e. The Hall–Kier alpha value is -7.72. The molecule has 10 rings (SSSR count). The van der Waals surface area contributed by atoms with Crippen molar-refractivity contribution in [1.29, 1.82) is 0 Å². The number of benzene rings is 6. The van der Waals surface area contributed by atoms with Crippen molar-refractivity contribution >= 4 is 69.3 Å². The number of oxime groups is 1. The normalized spacial score (nSPS) is 17.1. The van der Waals surface area contributed by atoms with E-state index < -0.39 is 52.4 Å². The number of fused-ring (bicyclic) bond motifs is 1. The zero-order valence-corrected chi connectivity index (χ0v) is 43.2. The lowest BCUT2D eigenvalue weighted by Crippen LogP contribution is -2.71. The fraction of sp³-hybridized carbons (Fsp3) is 0.220. The number of alkyl halides is 1. The number of hydrogen-bond donors (Lipinski definition) is 2. The Bertz CT molecular complexity index is 3060. The number of aromatic nitrogens is 1. The van der Waals surface area contributed by atoms with Gasteiger partial charge < -0.3 is 29.7 Å². The standard InChI is InChI=1S/C59H52ClN5O8S2/c1-70-46-31-29-39(30-32-46)36-71-55(68)50-42(35-60)37-74-54-49(53(67)65(50)54)62-52(66)48(64-73-58(33-17-18-34-58)56(69)72-51(40-19-7-2-8-20-40)41-21-9-3-10-22-41)47-38-75-57(61-47)63-59(43-23-11-4-12-24-43,44-25-13-5-14-26-44)45-27-15-6-16-28-45/h2-16,19-32,38,49,51,54H,17-18,33-37H2,1H3,(H,61,63)(H,62,66)/b64-48-/t49?,54-/m1/s1. The highest BCUT2D eigenvalue weighted by atomic mass is 35.5. The minimum Gasteiger partial charge on any atom is -0.497 e. The summed E-state index contributed by atoms with van der Waals surface area (Å²) in [4.78, 5) is 70.5. The topological polar surface area (TPSA) is 158 Å². The van der Waals surface area contributed by atoms with Crippen molar-refractivity contribution in [2.45, 2.75) is 60.9 Å². The lowest BCUT2D eigenvalue weighted by molar-refractivity contribution is -0.176. The number of carbonyl (C=O) groups excluding carboxylic acids is 4. The van der Waals surface area contributed by atoms with Gasteiger partial charge >= 0.3 is 11.9 Å². The van der Waals surface area contributed by atoms with Crippen LogP contribution >= 0.6 is 34.7 Å². The third kappa shape index (κ3) is 10.5. The molecule has 1 unspecified atom stereocenters. The maximum atomic E-state index is 15.0. The molecular weight excluding hydrogens is 1010 g/mol. The van der Waals surface area contributed by atoms with Gasteiger partial charge in [0, 0.05) is 29.9 Å². The van der Waals surface area contributed by atoms with E-state index in [1.807, 2.05) is 115 Å². The summed E-state index contributed by atoms with van der Waals surface area (Å²) in [5, 5.41) is 12.7. The molecule has 16 heteroatoms. The van der Waals surface area contributed by atoms with Gasteiger partial charge in [0.1, 0.15) is 40.7 Å². The van der Waals surface area contributed by atoms with E-state index in [1.54, 1.807) is 36.8 Å². The van der Waals surface area contributed by atoms with Crippen LogP contribution in [0.2, 0.25) is 0 Å². The number of ether oxygens (including phenoxy) is 3. The number of halogens is 1. The van der Waals surface area contributed by atoms with Crippen LogP contribution in [0.4, 0.5) is 5.13 Å². The van der Waals surface area contributed by atoms with Crippen LogP contribution in [-0.4, -0.2) is 75.1 Å². The number of thioether (sulfide) groups is 1. The van der Waals surface area contributed by atoms with Gasteiger partial charge in [-0.3, -0.25) is 14.5 Å². The lowest BCUT2D eigenvalue weighted by atomic mass is 9.77. The van der Waals surface area contributed by atoms with Gasteiger partial charge in [0.25, 0.3) is 11.8 Å². The van der Waals surface area contributed by atoms with E-state index in [-0.39, 0.29) is 42.4 Å². The van der Waals surface area contributed by atoms with Gasteiger partial charge in [-0.1, -0.05) is 169 Å². The molecule has 1 saturated carbocycles. The molecule has 2 fully saturated rings. The van der Waals surface area contributed by atoms with E-state index in [9.17, 15) is 19.2 Å². The molecule has 1 aromatic heterocycles. The summed E-state index contributed by atoms with van der Waals surface area (Å²) in [5.41, 5.74) is 3.01. The minimum absolute atomic E-state index is 0.0104. The number of carbonyl (C=O) groups is 4. The van der Waals surface area contributed by atoms with E-state index in [0.29, 0.717) is 35.0 Å². The molecular formula is C59H52ClN5O8S2. The van der Waals surface area contributed by atoms with Gasteiger partial charge in [-0.15, -0.1) is 34.7 Å². The largest absolute Gasteiger partial charge is 0.497 e. The fourth-order valence-corrected chi connectivity index (χ4v) is 12.1. The van der Waals surface area contributed by atoms with Gasteiger partial charge in [-0.2, -0.15) is 0 Å². The summed E-state index contributed by atoms with van der Waals surface area (Å²) >= 11 is 8.99. The van der Waals surface area contributed by atoms with Crippen LogP contribution < -0.4 is 15.4 Å². The third-order valence-electron chi connectivity index (χ3n) is 13.6. The fourth-order valence-electron chi connectivity index (χ4n) is 9.72. The summed E-state index contributed by atoms with van der Waals surface area (Å²) < 4.78 is 17.4. The monoisotopic (exact) mass is 1060 g/mol. The predicted octanol–water partition coefficient (Wildman–Crippen LogP) is 10.6. The molecule has 3 heterocycles. The van der Waals surface area contributed by atoms with Crippen LogP contribution in [0.5, 0.6) is 5.75 Å². The Kier molecular flexibility index (Phi) is 15.4.